The second kappa shape index (κ2) is 4.61. The minimum absolute atomic E-state index is 0.162. The molecule has 2 aromatic rings. The largest absolute Gasteiger partial charge is 0.267 e. The van der Waals surface area contributed by atoms with E-state index < -0.39 is 16.3 Å². The van der Waals surface area contributed by atoms with Gasteiger partial charge in [0.2, 0.25) is 0 Å². The van der Waals surface area contributed by atoms with E-state index in [0.29, 0.717) is 5.02 Å². The third-order valence-corrected chi connectivity index (χ3v) is 4.65. The number of hydrogen-bond acceptors (Lipinski definition) is 3. The predicted molar refractivity (Wildman–Crippen MR) is 70.7 cm³/mol. The summed E-state index contributed by atoms with van der Waals surface area (Å²) in [5.41, 5.74) is 0.806. The molecule has 0 amide bonds. The van der Waals surface area contributed by atoms with Gasteiger partial charge in [-0.25, -0.2) is 8.42 Å². The summed E-state index contributed by atoms with van der Waals surface area (Å²) in [7, 11) is -3.63. The first-order valence-corrected chi connectivity index (χ1v) is 7.42. The van der Waals surface area contributed by atoms with Gasteiger partial charge in [0.05, 0.1) is 4.90 Å². The number of benzene rings is 2. The molecule has 0 radical (unpaired) electrons. The Hall–Kier alpha value is -1.40. The summed E-state index contributed by atoms with van der Waals surface area (Å²) in [5.74, 6) is 0. The molecule has 3 rings (SSSR count). The van der Waals surface area contributed by atoms with Crippen LogP contribution < -0.4 is 0 Å². The molecule has 98 valence electrons. The number of halogens is 1. The van der Waals surface area contributed by atoms with Crippen LogP contribution in [0.2, 0.25) is 5.02 Å². The lowest BCUT2D eigenvalue weighted by Crippen LogP contribution is -2.12. The molecule has 1 aliphatic heterocycles. The van der Waals surface area contributed by atoms with Crippen molar-refractivity contribution in [3.63, 3.8) is 0 Å². The zero-order chi connectivity index (χ0) is 13.5. The number of hydroxylamine groups is 1. The Labute approximate surface area is 116 Å². The van der Waals surface area contributed by atoms with E-state index in [2.05, 4.69) is 0 Å². The number of sulfonamides is 1. The van der Waals surface area contributed by atoms with Gasteiger partial charge in [0.1, 0.15) is 0 Å². The number of rotatable bonds is 3. The quantitative estimate of drug-likeness (QED) is 0.818. The van der Waals surface area contributed by atoms with Crippen LogP contribution in [0.5, 0.6) is 0 Å². The third-order valence-electron chi connectivity index (χ3n) is 2.78. The lowest BCUT2D eigenvalue weighted by atomic mass is 10.2. The Bertz CT molecular complexity index is 686. The summed E-state index contributed by atoms with van der Waals surface area (Å²) in [6.45, 7) is 0. The van der Waals surface area contributed by atoms with Crippen molar-refractivity contribution in [2.24, 2.45) is 0 Å². The predicted octanol–water partition coefficient (Wildman–Crippen LogP) is 2.97. The maximum Gasteiger partial charge on any atom is 0.267 e. The van der Waals surface area contributed by atoms with E-state index in [1.54, 1.807) is 0 Å². The van der Waals surface area contributed by atoms with Crippen LogP contribution in [0.15, 0.2) is 59.5 Å². The zero-order valence-corrected chi connectivity index (χ0v) is 11.3. The van der Waals surface area contributed by atoms with Crippen LogP contribution in [0, 0.1) is 0 Å². The van der Waals surface area contributed by atoms with Crippen LogP contribution in [0.3, 0.4) is 0 Å². The fraction of sp³-hybridized carbons (Fsp3) is 0.0769. The monoisotopic (exact) mass is 295 g/mol. The van der Waals surface area contributed by atoms with Gasteiger partial charge >= 0.3 is 0 Å². The highest BCUT2D eigenvalue weighted by atomic mass is 35.5. The average Bonchev–Trinajstić information content (AvgIpc) is 3.21. The molecule has 6 heteroatoms. The molecule has 1 heterocycles. The number of nitrogens with zero attached hydrogens (tertiary/aromatic N) is 1. The van der Waals surface area contributed by atoms with Crippen LogP contribution >= 0.6 is 11.6 Å². The van der Waals surface area contributed by atoms with E-state index in [1.165, 1.54) is 24.3 Å². The Morgan fingerprint density at radius 2 is 1.63 bits per heavy atom. The van der Waals surface area contributed by atoms with Crippen molar-refractivity contribution in [1.29, 1.82) is 0 Å². The topological polar surface area (TPSA) is 49.7 Å². The minimum atomic E-state index is -3.63. The first-order valence-electron chi connectivity index (χ1n) is 5.61. The normalized spacial score (nSPS) is 22.2. The molecule has 0 aliphatic carbocycles. The van der Waals surface area contributed by atoms with Crippen LogP contribution in [0.4, 0.5) is 0 Å². The van der Waals surface area contributed by atoms with Crippen LogP contribution in [-0.4, -0.2) is 12.9 Å². The smallest absolute Gasteiger partial charge is 0.253 e. The third kappa shape index (κ3) is 2.37. The number of hydrogen-bond donors (Lipinski definition) is 0. The summed E-state index contributed by atoms with van der Waals surface area (Å²) in [6, 6.07) is 15.2. The highest BCUT2D eigenvalue weighted by Crippen LogP contribution is 2.42. The maximum absolute atomic E-state index is 12.2. The van der Waals surface area contributed by atoms with Gasteiger partial charge in [-0.05, 0) is 28.7 Å². The molecule has 1 saturated heterocycles. The first-order chi connectivity index (χ1) is 9.09. The summed E-state index contributed by atoms with van der Waals surface area (Å²) >= 11 is 5.74. The Morgan fingerprint density at radius 3 is 2.26 bits per heavy atom. The molecule has 1 aliphatic rings. The lowest BCUT2D eigenvalue weighted by molar-refractivity contribution is 0.283. The van der Waals surface area contributed by atoms with Crippen LogP contribution in [0.25, 0.3) is 0 Å². The van der Waals surface area contributed by atoms with Crippen molar-refractivity contribution in [3.8, 4) is 0 Å². The van der Waals surface area contributed by atoms with Crippen molar-refractivity contribution in [2.45, 2.75) is 11.1 Å². The second-order valence-corrected chi connectivity index (χ2v) is 6.30. The zero-order valence-electron chi connectivity index (χ0n) is 9.73. The van der Waals surface area contributed by atoms with Gasteiger partial charge in [0.25, 0.3) is 10.0 Å². The molecule has 0 spiro atoms. The molecule has 19 heavy (non-hydrogen) atoms. The van der Waals surface area contributed by atoms with E-state index in [-0.39, 0.29) is 4.90 Å². The van der Waals surface area contributed by atoms with Crippen molar-refractivity contribution in [2.75, 3.05) is 0 Å². The van der Waals surface area contributed by atoms with Gasteiger partial charge in [-0.15, -0.1) is 0 Å². The molecule has 1 fully saturated rings. The minimum Gasteiger partial charge on any atom is -0.253 e. The van der Waals surface area contributed by atoms with Gasteiger partial charge in [-0.1, -0.05) is 41.9 Å². The molecule has 0 N–H and O–H groups in total. The molecule has 2 aromatic carbocycles. The molecule has 0 aromatic heterocycles. The molecule has 0 bridgehead atoms. The van der Waals surface area contributed by atoms with Crippen molar-refractivity contribution >= 4 is 21.6 Å². The maximum atomic E-state index is 12.2. The average molecular weight is 296 g/mol. The van der Waals surface area contributed by atoms with E-state index in [4.69, 9.17) is 16.4 Å². The van der Waals surface area contributed by atoms with Crippen LogP contribution in [0.1, 0.15) is 11.8 Å². The molecule has 0 saturated carbocycles. The summed E-state index contributed by atoms with van der Waals surface area (Å²) < 4.78 is 25.5. The van der Waals surface area contributed by atoms with Crippen molar-refractivity contribution in [3.05, 3.63) is 65.2 Å². The van der Waals surface area contributed by atoms with Gasteiger partial charge in [0.15, 0.2) is 6.23 Å². The molecular weight excluding hydrogens is 286 g/mol. The second-order valence-electron chi connectivity index (χ2n) is 4.08. The Morgan fingerprint density at radius 1 is 1.00 bits per heavy atom. The molecule has 2 unspecified atom stereocenters. The Balaban J connectivity index is 1.86. The lowest BCUT2D eigenvalue weighted by Gasteiger charge is -2.02. The van der Waals surface area contributed by atoms with Gasteiger partial charge < -0.3 is 0 Å². The van der Waals surface area contributed by atoms with Gasteiger partial charge in [-0.3, -0.25) is 4.84 Å². The fourth-order valence-corrected chi connectivity index (χ4v) is 3.15. The summed E-state index contributed by atoms with van der Waals surface area (Å²) in [6.07, 6.45) is -0.540. The molecule has 2 atom stereocenters. The van der Waals surface area contributed by atoms with Crippen molar-refractivity contribution in [1.82, 2.24) is 4.47 Å². The van der Waals surface area contributed by atoms with E-state index in [9.17, 15) is 8.42 Å². The first kappa shape index (κ1) is 12.6. The molecule has 4 nitrogen and oxygen atoms in total. The summed E-state index contributed by atoms with van der Waals surface area (Å²) in [4.78, 5) is 5.33. The van der Waals surface area contributed by atoms with Crippen LogP contribution in [-0.2, 0) is 14.9 Å². The van der Waals surface area contributed by atoms with E-state index in [0.717, 1.165) is 10.0 Å². The van der Waals surface area contributed by atoms with Gasteiger partial charge in [0, 0.05) is 10.6 Å². The standard InChI is InChI=1S/C13H10ClNO3S/c14-11-6-8-12(9-7-11)19(16,17)15-13(18-15)10-4-2-1-3-5-10/h1-9,13H. The summed E-state index contributed by atoms with van der Waals surface area (Å²) in [5, 5.41) is 0.491. The molecular formula is C13H10ClNO3S. The highest BCUT2D eigenvalue weighted by Gasteiger charge is 2.48. The van der Waals surface area contributed by atoms with E-state index >= 15 is 0 Å². The van der Waals surface area contributed by atoms with Gasteiger partial charge in [-0.2, -0.15) is 0 Å². The van der Waals surface area contributed by atoms with E-state index in [1.807, 2.05) is 30.3 Å². The van der Waals surface area contributed by atoms with Crippen molar-refractivity contribution < 1.29 is 13.3 Å². The highest BCUT2D eigenvalue weighted by molar-refractivity contribution is 7.89. The fourth-order valence-electron chi connectivity index (χ4n) is 1.76. The SMILES string of the molecule is O=S(=O)(c1ccc(Cl)cc1)N1OC1c1ccccc1. The Kier molecular flexibility index (Phi) is 3.06.